The van der Waals surface area contributed by atoms with Crippen LogP contribution < -0.4 is 20.9 Å². The Kier molecular flexibility index (Phi) is 13.7. The summed E-state index contributed by atoms with van der Waals surface area (Å²) in [6.07, 6.45) is 9.72. The van der Waals surface area contributed by atoms with Gasteiger partial charge < -0.3 is 39.9 Å². The summed E-state index contributed by atoms with van der Waals surface area (Å²) in [7, 11) is 6.32. The number of hydrogen-bond acceptors (Lipinski definition) is 10. The topological polar surface area (TPSA) is 147 Å². The second-order valence-electron chi connectivity index (χ2n) is 13.9. The zero-order valence-electron chi connectivity index (χ0n) is 31.9. The second-order valence-corrected chi connectivity index (χ2v) is 16.5. The molecule has 4 aromatic rings. The smallest absolute Gasteiger partial charge is 0.241 e. The molecular formula is C40H54N8O4S2. The van der Waals surface area contributed by atoms with Gasteiger partial charge in [-0.1, -0.05) is 85.4 Å². The van der Waals surface area contributed by atoms with E-state index >= 15 is 0 Å². The maximum Gasteiger partial charge on any atom is 0.241 e. The highest BCUT2D eigenvalue weighted by molar-refractivity contribution is 8.76. The Hall–Kier alpha value is -3.98. The zero-order valence-corrected chi connectivity index (χ0v) is 33.5. The van der Waals surface area contributed by atoms with Crippen molar-refractivity contribution in [2.45, 2.75) is 89.6 Å². The SMILES string of the molecule is CCCC[C@H]1c2nc(-c3ccccc3OC)cn2CCN1C(=O)[C@@H](N)CSSC[C@H](N)C(=O)N1CCn2cc(-c3ccccc3OC)nc2[C@@H]1CCCC. The Bertz CT molecular complexity index is 1750. The maximum absolute atomic E-state index is 13.9. The van der Waals surface area contributed by atoms with Crippen LogP contribution in [-0.4, -0.2) is 91.6 Å². The van der Waals surface area contributed by atoms with Crippen LogP contribution in [0.15, 0.2) is 60.9 Å². The number of nitrogens with two attached hydrogens (primary N) is 2. The standard InChI is InChI=1S/C40H54N8O4S2/c1-5-7-15-33-37-43-31(27-13-9-11-17-35(27)51-3)23-45(37)19-21-47(33)39(49)29(41)25-53-54-26-30(42)40(50)48-22-20-46-24-32(28-14-10-12-18-36(28)52-4)44-38(46)34(48)16-8-6-2/h9-14,17-18,23-24,29-30,33-34H,5-8,15-16,19-22,25-26,41-42H2,1-4H3/t29-,30-,33-,34-/m0/s1. The highest BCUT2D eigenvalue weighted by Crippen LogP contribution is 2.37. The molecule has 0 saturated heterocycles. The fourth-order valence-corrected chi connectivity index (χ4v) is 9.68. The molecule has 0 saturated carbocycles. The van der Waals surface area contributed by atoms with E-state index in [0.717, 1.165) is 84.2 Å². The third-order valence-electron chi connectivity index (χ3n) is 10.3. The van der Waals surface area contributed by atoms with Crippen molar-refractivity contribution in [3.8, 4) is 34.0 Å². The van der Waals surface area contributed by atoms with E-state index in [1.54, 1.807) is 14.2 Å². The van der Waals surface area contributed by atoms with Crippen molar-refractivity contribution < 1.29 is 19.1 Å². The van der Waals surface area contributed by atoms with Gasteiger partial charge in [0.05, 0.1) is 49.8 Å². The molecule has 2 aromatic carbocycles. The number of nitrogens with zero attached hydrogens (tertiary/aromatic N) is 6. The lowest BCUT2D eigenvalue weighted by molar-refractivity contribution is -0.136. The number of carbonyl (C=O) groups is 2. The van der Waals surface area contributed by atoms with Crippen LogP contribution >= 0.6 is 21.6 Å². The number of para-hydroxylation sites is 2. The summed E-state index contributed by atoms with van der Waals surface area (Å²) < 4.78 is 15.5. The first-order valence-electron chi connectivity index (χ1n) is 19.1. The van der Waals surface area contributed by atoms with Crippen LogP contribution in [0.2, 0.25) is 0 Å². The second kappa shape index (κ2) is 18.6. The Labute approximate surface area is 326 Å². The fraction of sp³-hybridized carbons (Fsp3) is 0.500. The summed E-state index contributed by atoms with van der Waals surface area (Å²) in [5.74, 6) is 3.97. The van der Waals surface area contributed by atoms with Gasteiger partial charge in [0.15, 0.2) is 0 Å². The average molecular weight is 775 g/mol. The lowest BCUT2D eigenvalue weighted by atomic mass is 10.0. The third-order valence-corrected chi connectivity index (χ3v) is 12.8. The molecule has 4 heterocycles. The monoisotopic (exact) mass is 774 g/mol. The Morgan fingerprint density at radius 2 is 1.11 bits per heavy atom. The van der Waals surface area contributed by atoms with Crippen LogP contribution in [0, 0.1) is 0 Å². The highest BCUT2D eigenvalue weighted by atomic mass is 33.1. The van der Waals surface area contributed by atoms with Crippen molar-refractivity contribution in [3.63, 3.8) is 0 Å². The van der Waals surface area contributed by atoms with E-state index in [1.165, 1.54) is 21.6 Å². The van der Waals surface area contributed by atoms with Crippen LogP contribution in [0.3, 0.4) is 0 Å². The van der Waals surface area contributed by atoms with E-state index in [9.17, 15) is 9.59 Å². The number of imidazole rings is 2. The minimum absolute atomic E-state index is 0.0762. The number of fused-ring (bicyclic) bond motifs is 2. The van der Waals surface area contributed by atoms with Gasteiger partial charge in [-0.15, -0.1) is 0 Å². The molecule has 2 aromatic heterocycles. The van der Waals surface area contributed by atoms with E-state index in [0.29, 0.717) is 37.7 Å². The van der Waals surface area contributed by atoms with Gasteiger partial charge >= 0.3 is 0 Å². The first-order chi connectivity index (χ1) is 26.3. The van der Waals surface area contributed by atoms with Crippen molar-refractivity contribution >= 4 is 33.4 Å². The lowest BCUT2D eigenvalue weighted by Crippen LogP contribution is -2.50. The summed E-state index contributed by atoms with van der Waals surface area (Å²) >= 11 is 0. The van der Waals surface area contributed by atoms with Gasteiger partial charge in [-0.3, -0.25) is 9.59 Å². The molecule has 0 radical (unpaired) electrons. The largest absolute Gasteiger partial charge is 0.496 e. The van der Waals surface area contributed by atoms with Gasteiger partial charge in [0.25, 0.3) is 0 Å². The zero-order chi connectivity index (χ0) is 38.2. The van der Waals surface area contributed by atoms with Crippen molar-refractivity contribution in [1.29, 1.82) is 0 Å². The Morgan fingerprint density at radius 3 is 1.50 bits per heavy atom. The number of benzene rings is 2. The van der Waals surface area contributed by atoms with E-state index in [2.05, 4.69) is 35.4 Å². The summed E-state index contributed by atoms with van der Waals surface area (Å²) in [6, 6.07) is 14.0. The highest BCUT2D eigenvalue weighted by Gasteiger charge is 2.37. The third kappa shape index (κ3) is 8.61. The number of ether oxygens (including phenoxy) is 2. The molecule has 0 bridgehead atoms. The van der Waals surface area contributed by atoms with Gasteiger partial charge in [0, 0.05) is 61.2 Å². The van der Waals surface area contributed by atoms with Crippen LogP contribution in [-0.2, 0) is 22.7 Å². The number of aromatic nitrogens is 4. The molecule has 0 spiro atoms. The van der Waals surface area contributed by atoms with E-state index in [-0.39, 0.29) is 23.9 Å². The molecule has 0 fully saturated rings. The summed E-state index contributed by atoms with van der Waals surface area (Å²) in [4.78, 5) is 41.7. The van der Waals surface area contributed by atoms with Gasteiger partial charge in [-0.2, -0.15) is 0 Å². The molecule has 6 rings (SSSR count). The first-order valence-corrected chi connectivity index (χ1v) is 21.6. The van der Waals surface area contributed by atoms with Crippen LogP contribution in [0.25, 0.3) is 22.5 Å². The van der Waals surface area contributed by atoms with Crippen LogP contribution in [0.5, 0.6) is 11.5 Å². The number of hydrogen-bond donors (Lipinski definition) is 2. The van der Waals surface area contributed by atoms with Crippen molar-refractivity contribution in [3.05, 3.63) is 72.6 Å². The molecule has 0 unspecified atom stereocenters. The molecule has 2 aliphatic heterocycles. The van der Waals surface area contributed by atoms with E-state index in [4.69, 9.17) is 30.9 Å². The van der Waals surface area contributed by atoms with E-state index < -0.39 is 12.1 Å². The fourth-order valence-electron chi connectivity index (χ4n) is 7.45. The average Bonchev–Trinajstić information content (AvgIpc) is 3.85. The Morgan fingerprint density at radius 1 is 0.704 bits per heavy atom. The van der Waals surface area contributed by atoms with Crippen LogP contribution in [0.1, 0.15) is 76.1 Å². The lowest BCUT2D eigenvalue weighted by Gasteiger charge is -2.37. The molecule has 14 heteroatoms. The number of rotatable bonds is 17. The molecule has 4 atom stereocenters. The number of unbranched alkanes of at least 4 members (excludes halogenated alkanes) is 2. The summed E-state index contributed by atoms with van der Waals surface area (Å²) in [5.41, 5.74) is 16.7. The van der Waals surface area contributed by atoms with Crippen molar-refractivity contribution in [1.82, 2.24) is 28.9 Å². The number of amides is 2. The number of methoxy groups -OCH3 is 2. The summed E-state index contributed by atoms with van der Waals surface area (Å²) in [6.45, 7) is 6.74. The molecule has 54 heavy (non-hydrogen) atoms. The predicted octanol–water partition coefficient (Wildman–Crippen LogP) is 6.31. The molecule has 290 valence electrons. The van der Waals surface area contributed by atoms with Gasteiger partial charge in [0.2, 0.25) is 11.8 Å². The number of carbonyl (C=O) groups excluding carboxylic acids is 2. The predicted molar refractivity (Wildman–Crippen MR) is 217 cm³/mol. The van der Waals surface area contributed by atoms with Gasteiger partial charge in [-0.25, -0.2) is 9.97 Å². The quantitative estimate of drug-likeness (QED) is 0.0924. The van der Waals surface area contributed by atoms with Gasteiger partial charge in [-0.05, 0) is 37.1 Å². The maximum atomic E-state index is 13.9. The first kappa shape index (κ1) is 39.7. The Balaban J connectivity index is 1.06. The minimum Gasteiger partial charge on any atom is -0.496 e. The molecule has 4 N–H and O–H groups in total. The molecule has 0 aliphatic carbocycles. The van der Waals surface area contributed by atoms with Crippen molar-refractivity contribution in [2.24, 2.45) is 11.5 Å². The van der Waals surface area contributed by atoms with Crippen molar-refractivity contribution in [2.75, 3.05) is 38.8 Å². The normalized spacial score (nSPS) is 17.8. The van der Waals surface area contributed by atoms with Crippen LogP contribution in [0.4, 0.5) is 0 Å². The minimum atomic E-state index is -0.689. The molecular weight excluding hydrogens is 721 g/mol. The van der Waals surface area contributed by atoms with E-state index in [1.807, 2.05) is 58.3 Å². The molecule has 2 amide bonds. The molecule has 2 aliphatic rings. The summed E-state index contributed by atoms with van der Waals surface area (Å²) in [5, 5.41) is 0. The van der Waals surface area contributed by atoms with Gasteiger partial charge in [0.1, 0.15) is 23.1 Å². The molecule has 12 nitrogen and oxygen atoms in total.